The molecule has 0 aromatic heterocycles. The van der Waals surface area contributed by atoms with E-state index in [-0.39, 0.29) is 31.6 Å². The third-order valence-electron chi connectivity index (χ3n) is 7.58. The summed E-state index contributed by atoms with van der Waals surface area (Å²) in [7, 11) is 0. The number of ether oxygens (including phenoxy) is 1. The fraction of sp³-hybridized carbons (Fsp3) is 0.448. The molecule has 10 nitrogen and oxygen atoms in total. The number of urea groups is 1. The molecule has 1 saturated heterocycles. The molecule has 1 fully saturated rings. The number of hydrogen-bond donors (Lipinski definition) is 2. The predicted octanol–water partition coefficient (Wildman–Crippen LogP) is 4.16. The zero-order chi connectivity index (χ0) is 31.5. The third-order valence-corrected chi connectivity index (χ3v) is 7.58. The van der Waals surface area contributed by atoms with Crippen LogP contribution in [-0.2, 0) is 32.9 Å². The Hall–Kier alpha value is -4.20. The maximum Gasteiger partial charge on any atom is 0.418 e. The number of alkyl halides is 3. The Labute approximate surface area is 245 Å². The average Bonchev–Trinajstić information content (AvgIpc) is 3.43. The number of aryl methyl sites for hydroxylation is 1. The van der Waals surface area contributed by atoms with E-state index >= 15 is 0 Å². The molecule has 2 aromatic carbocycles. The molecule has 2 atom stereocenters. The zero-order valence-electron chi connectivity index (χ0n) is 23.6. The minimum Gasteiger partial charge on any atom is -0.427 e. The molecule has 0 saturated carbocycles. The number of carbonyl (C=O) groups excluding carboxylic acids is 4. The number of imide groups is 1. The number of nitrogens with one attached hydrogen (secondary N) is 1. The van der Waals surface area contributed by atoms with Crippen molar-refractivity contribution in [1.29, 1.82) is 0 Å². The van der Waals surface area contributed by atoms with Crippen molar-refractivity contribution in [3.8, 4) is 0 Å². The van der Waals surface area contributed by atoms with Crippen LogP contribution < -0.4 is 5.32 Å². The highest BCUT2D eigenvalue weighted by Gasteiger charge is 2.58. The number of carbonyl (C=O) groups is 4. The van der Waals surface area contributed by atoms with Gasteiger partial charge in [0.2, 0.25) is 11.5 Å². The summed E-state index contributed by atoms with van der Waals surface area (Å²) in [5, 5.41) is 12.0. The zero-order valence-corrected chi connectivity index (χ0v) is 23.6. The van der Waals surface area contributed by atoms with E-state index in [0.29, 0.717) is 39.6 Å². The first kappa shape index (κ1) is 31.7. The molecule has 14 heteroatoms. The van der Waals surface area contributed by atoms with Crippen LogP contribution in [0.3, 0.4) is 0 Å². The Balaban J connectivity index is 1.52. The number of amides is 5. The lowest BCUT2D eigenvalue weighted by Gasteiger charge is -2.31. The topological polar surface area (TPSA) is 119 Å². The van der Waals surface area contributed by atoms with E-state index in [9.17, 15) is 41.8 Å². The van der Waals surface area contributed by atoms with Crippen molar-refractivity contribution in [1.82, 2.24) is 14.7 Å². The van der Waals surface area contributed by atoms with Gasteiger partial charge < -0.3 is 25.0 Å². The number of anilines is 1. The highest BCUT2D eigenvalue weighted by molar-refractivity contribution is 6.06. The van der Waals surface area contributed by atoms with Gasteiger partial charge in [0.05, 0.1) is 6.61 Å². The first-order chi connectivity index (χ1) is 20.3. The summed E-state index contributed by atoms with van der Waals surface area (Å²) in [6.45, 7) is 1.53. The fourth-order valence-electron chi connectivity index (χ4n) is 5.27. The van der Waals surface area contributed by atoms with Gasteiger partial charge in [-0.2, -0.15) is 13.2 Å². The molecule has 2 N–H and O–H groups in total. The highest BCUT2D eigenvalue weighted by Crippen LogP contribution is 2.46. The quantitative estimate of drug-likeness (QED) is 0.391. The minimum atomic E-state index is -4.81. The molecule has 0 unspecified atom stereocenters. The van der Waals surface area contributed by atoms with Crippen LogP contribution >= 0.6 is 0 Å². The molecular formula is C29H32F4N4O6. The van der Waals surface area contributed by atoms with E-state index in [2.05, 4.69) is 5.32 Å². The number of hydrogen-bond acceptors (Lipinski definition) is 6. The van der Waals surface area contributed by atoms with E-state index in [1.54, 1.807) is 6.07 Å². The standard InChI is InChI=1S/C29H32F4N4O6/c1-3-12-35(13-14-38)26(41)34-22-8-9-23-20(15-22)10-11-28(23)25(40)37(27(42)43-28)17-24(39)36(18(2)29(31,32)33)16-19-4-6-21(30)7-5-19/h4-9,15,18,38H,3,10-14,16-17H2,1-2H3,(H,34,41)/t18-,28+/m0/s1. The van der Waals surface area contributed by atoms with E-state index in [1.807, 2.05) is 6.92 Å². The van der Waals surface area contributed by atoms with Crippen LogP contribution in [0.1, 0.15) is 43.4 Å². The molecule has 2 aliphatic rings. The predicted molar refractivity (Wildman–Crippen MR) is 145 cm³/mol. The molecule has 0 bridgehead atoms. The molecule has 232 valence electrons. The molecule has 1 aliphatic heterocycles. The Kier molecular flexibility index (Phi) is 9.28. The Morgan fingerprint density at radius 1 is 1.14 bits per heavy atom. The van der Waals surface area contributed by atoms with E-state index in [0.717, 1.165) is 19.1 Å². The van der Waals surface area contributed by atoms with Gasteiger partial charge in [-0.25, -0.2) is 18.9 Å². The maximum atomic E-state index is 13.7. The van der Waals surface area contributed by atoms with Gasteiger partial charge in [0.15, 0.2) is 0 Å². The number of halogens is 4. The van der Waals surface area contributed by atoms with Crippen molar-refractivity contribution >= 4 is 29.6 Å². The monoisotopic (exact) mass is 608 g/mol. The largest absolute Gasteiger partial charge is 0.427 e. The number of fused-ring (bicyclic) bond motifs is 2. The van der Waals surface area contributed by atoms with Crippen molar-refractivity contribution in [3.63, 3.8) is 0 Å². The van der Waals surface area contributed by atoms with Gasteiger partial charge in [-0.15, -0.1) is 0 Å². The number of aliphatic hydroxyl groups excluding tert-OH is 1. The van der Waals surface area contributed by atoms with Gasteiger partial charge in [0.1, 0.15) is 18.4 Å². The second kappa shape index (κ2) is 12.6. The van der Waals surface area contributed by atoms with Gasteiger partial charge in [-0.1, -0.05) is 25.1 Å². The lowest BCUT2D eigenvalue weighted by molar-refractivity contribution is -0.187. The van der Waals surface area contributed by atoms with E-state index in [4.69, 9.17) is 4.74 Å². The molecule has 4 rings (SSSR count). The van der Waals surface area contributed by atoms with Gasteiger partial charge in [0, 0.05) is 37.3 Å². The number of aliphatic hydroxyl groups is 1. The van der Waals surface area contributed by atoms with Crippen LogP contribution in [0.25, 0.3) is 0 Å². The lowest BCUT2D eigenvalue weighted by atomic mass is 9.94. The second-order valence-corrected chi connectivity index (χ2v) is 10.5. The number of benzene rings is 2. The molecule has 1 spiro atoms. The van der Waals surface area contributed by atoms with Gasteiger partial charge in [-0.3, -0.25) is 9.59 Å². The lowest BCUT2D eigenvalue weighted by Crippen LogP contribution is -2.51. The molecule has 5 amide bonds. The molecule has 1 heterocycles. The second-order valence-electron chi connectivity index (χ2n) is 10.5. The normalized spacial score (nSPS) is 18.4. The summed E-state index contributed by atoms with van der Waals surface area (Å²) in [5.41, 5.74) is -0.148. The Morgan fingerprint density at radius 3 is 2.47 bits per heavy atom. The van der Waals surface area contributed by atoms with Gasteiger partial charge >= 0.3 is 18.3 Å². The van der Waals surface area contributed by atoms with E-state index in [1.165, 1.54) is 29.2 Å². The molecule has 1 aliphatic carbocycles. The molecular weight excluding hydrogens is 576 g/mol. The van der Waals surface area contributed by atoms with Crippen LogP contribution in [-0.4, -0.2) is 82.2 Å². The molecule has 0 radical (unpaired) electrons. The van der Waals surface area contributed by atoms with Gasteiger partial charge in [0.25, 0.3) is 5.91 Å². The Bertz CT molecular complexity index is 1380. The van der Waals surface area contributed by atoms with Crippen molar-refractivity contribution in [3.05, 3.63) is 65.0 Å². The van der Waals surface area contributed by atoms with Crippen LogP contribution in [0.2, 0.25) is 0 Å². The summed E-state index contributed by atoms with van der Waals surface area (Å²) < 4.78 is 59.8. The number of rotatable bonds is 10. The summed E-state index contributed by atoms with van der Waals surface area (Å²) in [6, 6.07) is 6.57. The highest BCUT2D eigenvalue weighted by atomic mass is 19.4. The smallest absolute Gasteiger partial charge is 0.418 e. The first-order valence-electron chi connectivity index (χ1n) is 13.8. The molecule has 43 heavy (non-hydrogen) atoms. The van der Waals surface area contributed by atoms with Crippen LogP contribution in [0.15, 0.2) is 42.5 Å². The molecule has 2 aromatic rings. The van der Waals surface area contributed by atoms with Crippen molar-refractivity contribution < 1.29 is 46.6 Å². The summed E-state index contributed by atoms with van der Waals surface area (Å²) >= 11 is 0. The van der Waals surface area contributed by atoms with Crippen molar-refractivity contribution in [2.45, 2.75) is 57.5 Å². The third kappa shape index (κ3) is 6.58. The maximum absolute atomic E-state index is 13.7. The SMILES string of the molecule is CCCN(CCO)C(=O)Nc1ccc2c(c1)CC[C@@]21OC(=O)N(CC(=O)N(Cc2ccc(F)cc2)[C@@H](C)C(F)(F)F)C1=O. The van der Waals surface area contributed by atoms with Gasteiger partial charge in [-0.05, 0) is 55.2 Å². The Morgan fingerprint density at radius 2 is 1.84 bits per heavy atom. The summed E-state index contributed by atoms with van der Waals surface area (Å²) in [5.74, 6) is -2.63. The fourth-order valence-corrected chi connectivity index (χ4v) is 5.27. The first-order valence-corrected chi connectivity index (χ1v) is 13.8. The summed E-state index contributed by atoms with van der Waals surface area (Å²) in [4.78, 5) is 54.7. The number of nitrogens with zero attached hydrogens (tertiary/aromatic N) is 3. The van der Waals surface area contributed by atoms with E-state index < -0.39 is 60.7 Å². The summed E-state index contributed by atoms with van der Waals surface area (Å²) in [6.07, 6.45) is -4.96. The van der Waals surface area contributed by atoms with Crippen molar-refractivity contribution in [2.75, 3.05) is 31.6 Å². The van der Waals surface area contributed by atoms with Crippen molar-refractivity contribution in [2.24, 2.45) is 0 Å². The van der Waals surface area contributed by atoms with Crippen LogP contribution in [0, 0.1) is 5.82 Å². The van der Waals surface area contributed by atoms with Crippen LogP contribution in [0.4, 0.5) is 32.8 Å². The average molecular weight is 609 g/mol. The van der Waals surface area contributed by atoms with Crippen LogP contribution in [0.5, 0.6) is 0 Å². The minimum absolute atomic E-state index is 0.0414.